The molecule has 6 nitrogen and oxygen atoms in total. The standard InChI is InChI=1S/C28H24FN3O3S/c1-3-7-18-13-19-21(15-24(18)34-2)30-11-10-23(19)35-25-16-26-22(14-20(25)29)31-28(36-26)32-27(33)12-17-8-5-4-6-9-17/h4-6,8-11,13-16H,3,7,12H2,1-2H3,(H,31,32,33). The molecule has 0 aliphatic carbocycles. The van der Waals surface area contributed by atoms with Gasteiger partial charge in [0, 0.05) is 29.8 Å². The van der Waals surface area contributed by atoms with Crippen LogP contribution in [0.5, 0.6) is 17.2 Å². The summed E-state index contributed by atoms with van der Waals surface area (Å²) >= 11 is 1.27. The molecule has 0 saturated heterocycles. The van der Waals surface area contributed by atoms with Gasteiger partial charge in [-0.1, -0.05) is 55.0 Å². The lowest BCUT2D eigenvalue weighted by Crippen LogP contribution is -2.13. The van der Waals surface area contributed by atoms with Gasteiger partial charge in [0.05, 0.1) is 29.3 Å². The second-order valence-electron chi connectivity index (χ2n) is 8.32. The van der Waals surface area contributed by atoms with E-state index < -0.39 is 5.82 Å². The van der Waals surface area contributed by atoms with Crippen molar-refractivity contribution in [1.82, 2.24) is 9.97 Å². The van der Waals surface area contributed by atoms with Gasteiger partial charge in [0.1, 0.15) is 11.5 Å². The first-order valence-corrected chi connectivity index (χ1v) is 12.4. The maximum Gasteiger partial charge on any atom is 0.230 e. The highest BCUT2D eigenvalue weighted by Gasteiger charge is 2.16. The molecule has 0 saturated carbocycles. The predicted molar refractivity (Wildman–Crippen MR) is 141 cm³/mol. The number of carbonyl (C=O) groups excluding carboxylic acids is 1. The van der Waals surface area contributed by atoms with E-state index in [9.17, 15) is 4.79 Å². The van der Waals surface area contributed by atoms with E-state index in [2.05, 4.69) is 22.2 Å². The summed E-state index contributed by atoms with van der Waals surface area (Å²) in [6.45, 7) is 2.10. The Morgan fingerprint density at radius 1 is 1.03 bits per heavy atom. The lowest BCUT2D eigenvalue weighted by Gasteiger charge is -2.13. The van der Waals surface area contributed by atoms with Gasteiger partial charge in [-0.25, -0.2) is 9.37 Å². The zero-order chi connectivity index (χ0) is 25.1. The molecule has 0 unspecified atom stereocenters. The topological polar surface area (TPSA) is 73.3 Å². The smallest absolute Gasteiger partial charge is 0.230 e. The number of thiazole rings is 1. The van der Waals surface area contributed by atoms with Crippen LogP contribution in [0.25, 0.3) is 21.1 Å². The number of nitrogens with zero attached hydrogens (tertiary/aromatic N) is 2. The SMILES string of the molecule is CCCc1cc2c(Oc3cc4sc(NC(=O)Cc5ccccc5)nc4cc3F)ccnc2cc1OC. The molecule has 36 heavy (non-hydrogen) atoms. The van der Waals surface area contributed by atoms with E-state index in [0.717, 1.165) is 35.1 Å². The number of benzene rings is 3. The average Bonchev–Trinajstić information content (AvgIpc) is 3.25. The molecule has 2 aromatic heterocycles. The Labute approximate surface area is 211 Å². The molecule has 0 fully saturated rings. The summed E-state index contributed by atoms with van der Waals surface area (Å²) in [6, 6.07) is 18.0. The molecule has 0 radical (unpaired) electrons. The molecule has 0 aliphatic heterocycles. The van der Waals surface area contributed by atoms with Crippen LogP contribution in [-0.4, -0.2) is 23.0 Å². The van der Waals surface area contributed by atoms with Crippen LogP contribution in [0.1, 0.15) is 24.5 Å². The number of halogens is 1. The highest BCUT2D eigenvalue weighted by atomic mass is 32.1. The lowest BCUT2D eigenvalue weighted by molar-refractivity contribution is -0.115. The molecule has 2 heterocycles. The van der Waals surface area contributed by atoms with E-state index >= 15 is 4.39 Å². The maximum atomic E-state index is 15.0. The van der Waals surface area contributed by atoms with Crippen molar-refractivity contribution in [1.29, 1.82) is 0 Å². The van der Waals surface area contributed by atoms with Gasteiger partial charge in [0.25, 0.3) is 0 Å². The highest BCUT2D eigenvalue weighted by molar-refractivity contribution is 7.22. The van der Waals surface area contributed by atoms with Crippen LogP contribution in [-0.2, 0) is 17.6 Å². The minimum absolute atomic E-state index is 0.0775. The Morgan fingerprint density at radius 3 is 2.64 bits per heavy atom. The second kappa shape index (κ2) is 10.3. The first-order valence-electron chi connectivity index (χ1n) is 11.6. The summed E-state index contributed by atoms with van der Waals surface area (Å²) in [4.78, 5) is 21.2. The molecule has 8 heteroatoms. The quantitative estimate of drug-likeness (QED) is 0.250. The number of amides is 1. The zero-order valence-corrected chi connectivity index (χ0v) is 20.7. The molecule has 1 amide bonds. The van der Waals surface area contributed by atoms with Crippen molar-refractivity contribution < 1.29 is 18.7 Å². The third-order valence-electron chi connectivity index (χ3n) is 5.74. The van der Waals surface area contributed by atoms with Crippen LogP contribution in [0.15, 0.2) is 66.9 Å². The van der Waals surface area contributed by atoms with Crippen LogP contribution in [0.4, 0.5) is 9.52 Å². The van der Waals surface area contributed by atoms with E-state index in [4.69, 9.17) is 9.47 Å². The second-order valence-corrected chi connectivity index (χ2v) is 9.35. The molecule has 1 N–H and O–H groups in total. The Hall–Kier alpha value is -4.04. The molecule has 0 spiro atoms. The number of aromatic nitrogens is 2. The number of rotatable bonds is 8. The van der Waals surface area contributed by atoms with E-state index in [0.29, 0.717) is 26.6 Å². The largest absolute Gasteiger partial charge is 0.496 e. The van der Waals surface area contributed by atoms with Crippen molar-refractivity contribution in [3.63, 3.8) is 0 Å². The summed E-state index contributed by atoms with van der Waals surface area (Å²) in [5.41, 5.74) is 3.10. The van der Waals surface area contributed by atoms with E-state index in [-0.39, 0.29) is 18.1 Å². The Balaban J connectivity index is 1.42. The van der Waals surface area contributed by atoms with Crippen LogP contribution >= 0.6 is 11.3 Å². The number of ether oxygens (including phenoxy) is 2. The first kappa shape index (κ1) is 23.7. The number of nitrogens with one attached hydrogen (secondary N) is 1. The summed E-state index contributed by atoms with van der Waals surface area (Å²) < 4.78 is 27.3. The van der Waals surface area contributed by atoms with E-state index in [1.54, 1.807) is 25.4 Å². The Kier molecular flexibility index (Phi) is 6.77. The summed E-state index contributed by atoms with van der Waals surface area (Å²) in [5.74, 6) is 0.627. The van der Waals surface area contributed by atoms with Crippen molar-refractivity contribution >= 4 is 43.5 Å². The number of aryl methyl sites for hydroxylation is 1. The number of anilines is 1. The number of hydrogen-bond acceptors (Lipinski definition) is 6. The van der Waals surface area contributed by atoms with E-state index in [1.807, 2.05) is 42.5 Å². The van der Waals surface area contributed by atoms with Gasteiger partial charge in [-0.2, -0.15) is 0 Å². The average molecular weight is 502 g/mol. The Morgan fingerprint density at radius 2 is 1.86 bits per heavy atom. The minimum Gasteiger partial charge on any atom is -0.496 e. The van der Waals surface area contributed by atoms with Crippen LogP contribution in [0, 0.1) is 5.82 Å². The van der Waals surface area contributed by atoms with Crippen molar-refractivity contribution in [2.75, 3.05) is 12.4 Å². The van der Waals surface area contributed by atoms with Crippen molar-refractivity contribution in [2.24, 2.45) is 0 Å². The fraction of sp³-hybridized carbons (Fsp3) is 0.179. The fourth-order valence-corrected chi connectivity index (χ4v) is 4.95. The van der Waals surface area contributed by atoms with Crippen LogP contribution < -0.4 is 14.8 Å². The zero-order valence-electron chi connectivity index (χ0n) is 19.9. The first-order chi connectivity index (χ1) is 17.5. The number of pyridine rings is 1. The minimum atomic E-state index is -0.540. The Bertz CT molecular complexity index is 1550. The predicted octanol–water partition coefficient (Wildman–Crippen LogP) is 6.92. The number of carbonyl (C=O) groups is 1. The summed E-state index contributed by atoms with van der Waals surface area (Å²) in [6.07, 6.45) is 3.66. The van der Waals surface area contributed by atoms with Crippen LogP contribution in [0.3, 0.4) is 0 Å². The van der Waals surface area contributed by atoms with Gasteiger partial charge in [0.2, 0.25) is 5.91 Å². The number of fused-ring (bicyclic) bond motifs is 2. The fourth-order valence-electron chi connectivity index (χ4n) is 4.06. The third kappa shape index (κ3) is 4.99. The summed E-state index contributed by atoms with van der Waals surface area (Å²) in [7, 11) is 1.64. The van der Waals surface area contributed by atoms with Gasteiger partial charge in [0.15, 0.2) is 16.7 Å². The molecule has 3 aromatic carbocycles. The highest BCUT2D eigenvalue weighted by Crippen LogP contribution is 2.37. The van der Waals surface area contributed by atoms with Crippen molar-refractivity contribution in [3.8, 4) is 17.2 Å². The molecular weight excluding hydrogens is 477 g/mol. The molecular formula is C28H24FN3O3S. The number of hydrogen-bond donors (Lipinski definition) is 1. The lowest BCUT2D eigenvalue weighted by atomic mass is 10.0. The third-order valence-corrected chi connectivity index (χ3v) is 6.67. The molecule has 0 aliphatic rings. The maximum absolute atomic E-state index is 15.0. The van der Waals surface area contributed by atoms with Crippen LogP contribution in [0.2, 0.25) is 0 Å². The van der Waals surface area contributed by atoms with Crippen molar-refractivity contribution in [2.45, 2.75) is 26.2 Å². The molecule has 0 atom stereocenters. The van der Waals surface area contributed by atoms with Gasteiger partial charge in [-0.05, 0) is 29.7 Å². The molecule has 0 bridgehead atoms. The van der Waals surface area contributed by atoms with Gasteiger partial charge < -0.3 is 14.8 Å². The van der Waals surface area contributed by atoms with Gasteiger partial charge in [-0.3, -0.25) is 9.78 Å². The summed E-state index contributed by atoms with van der Waals surface area (Å²) in [5, 5.41) is 3.99. The molecule has 5 rings (SSSR count). The van der Waals surface area contributed by atoms with Gasteiger partial charge >= 0.3 is 0 Å². The van der Waals surface area contributed by atoms with E-state index in [1.165, 1.54) is 17.4 Å². The molecule has 182 valence electrons. The van der Waals surface area contributed by atoms with Crippen molar-refractivity contribution in [3.05, 3.63) is 83.8 Å². The van der Waals surface area contributed by atoms with Gasteiger partial charge in [-0.15, -0.1) is 0 Å². The molecule has 5 aromatic rings. The normalized spacial score (nSPS) is 11.1. The number of methoxy groups -OCH3 is 1. The monoisotopic (exact) mass is 501 g/mol.